The molecule has 11 nitrogen and oxygen atoms in total. The molecule has 134 valence electrons. The molecule has 7 atom stereocenters. The van der Waals surface area contributed by atoms with Crippen LogP contribution in [0.15, 0.2) is 0 Å². The quantitative estimate of drug-likeness (QED) is 0.233. The zero-order valence-corrected chi connectivity index (χ0v) is 12.2. The number of nitrogens with one attached hydrogen (secondary N) is 1. The van der Waals surface area contributed by atoms with Crippen LogP contribution in [0.2, 0.25) is 0 Å². The molecule has 1 aliphatic rings. The summed E-state index contributed by atoms with van der Waals surface area (Å²) < 4.78 is 4.94. The van der Waals surface area contributed by atoms with Gasteiger partial charge >= 0.3 is 5.97 Å². The van der Waals surface area contributed by atoms with Crippen molar-refractivity contribution in [3.8, 4) is 0 Å². The zero-order valence-electron chi connectivity index (χ0n) is 12.2. The highest BCUT2D eigenvalue weighted by Gasteiger charge is 2.58. The lowest BCUT2D eigenvalue weighted by molar-refractivity contribution is -0.317. The second-order valence-electron chi connectivity index (χ2n) is 5.36. The predicted molar refractivity (Wildman–Crippen MR) is 70.7 cm³/mol. The van der Waals surface area contributed by atoms with Crippen LogP contribution in [0.25, 0.3) is 0 Å². The number of hydrogen-bond donors (Lipinski definition) is 8. The minimum atomic E-state index is -2.89. The molecule has 1 heterocycles. The second-order valence-corrected chi connectivity index (χ2v) is 5.36. The molecule has 1 fully saturated rings. The zero-order chi connectivity index (χ0) is 17.9. The summed E-state index contributed by atoms with van der Waals surface area (Å²) in [6.07, 6.45) is -7.17. The van der Waals surface area contributed by atoms with Gasteiger partial charge in [-0.15, -0.1) is 0 Å². The lowest BCUT2D eigenvalue weighted by Gasteiger charge is -2.48. The largest absolute Gasteiger partial charge is 0.477 e. The van der Waals surface area contributed by atoms with Crippen molar-refractivity contribution in [1.82, 2.24) is 5.32 Å². The molecule has 23 heavy (non-hydrogen) atoms. The van der Waals surface area contributed by atoms with Crippen LogP contribution in [0, 0.1) is 5.92 Å². The molecular formula is C12H21NO10. The molecule has 0 aromatic rings. The van der Waals surface area contributed by atoms with Crippen molar-refractivity contribution in [1.29, 1.82) is 0 Å². The molecular weight excluding hydrogens is 318 g/mol. The SMILES string of the molecule is CC1[C@H](O)[C@@H](NC(=O)CO)[C@H]([C@H](O)[C@H](O)CO)OC1(O)C(=O)O. The van der Waals surface area contributed by atoms with Gasteiger partial charge in [0.2, 0.25) is 5.91 Å². The molecule has 0 radical (unpaired) electrons. The van der Waals surface area contributed by atoms with Gasteiger partial charge in [-0.05, 0) is 0 Å². The van der Waals surface area contributed by atoms with Gasteiger partial charge in [0.15, 0.2) is 0 Å². The first-order valence-electron chi connectivity index (χ1n) is 6.79. The molecule has 0 aromatic carbocycles. The standard InChI is InChI=1S/C12H21NO10/c1-4-8(18)7(13-6(17)3-15)10(9(19)5(16)2-14)23-12(4,22)11(20)21/h4-5,7-10,14-16,18-19,22H,2-3H2,1H3,(H,13,17)(H,20,21)/t4?,5-,7-,8+,9-,10-,12?/m1/s1. The number of hydrogen-bond acceptors (Lipinski definition) is 9. The molecule has 1 saturated heterocycles. The van der Waals surface area contributed by atoms with Gasteiger partial charge in [0.25, 0.3) is 5.79 Å². The Bertz CT molecular complexity index is 446. The van der Waals surface area contributed by atoms with E-state index >= 15 is 0 Å². The van der Waals surface area contributed by atoms with E-state index in [4.69, 9.17) is 20.1 Å². The third-order valence-electron chi connectivity index (χ3n) is 3.86. The maximum absolute atomic E-state index is 11.3. The normalized spacial score (nSPS) is 37.0. The van der Waals surface area contributed by atoms with Gasteiger partial charge in [0, 0.05) is 5.92 Å². The van der Waals surface area contributed by atoms with E-state index in [0.29, 0.717) is 0 Å². The van der Waals surface area contributed by atoms with Gasteiger partial charge in [-0.25, -0.2) is 4.79 Å². The Balaban J connectivity index is 3.19. The van der Waals surface area contributed by atoms with Crippen molar-refractivity contribution in [3.05, 3.63) is 0 Å². The maximum atomic E-state index is 11.3. The summed E-state index contributed by atoms with van der Waals surface area (Å²) in [6.45, 7) is -0.729. The number of carbonyl (C=O) groups excluding carboxylic acids is 1. The first kappa shape index (κ1) is 19.7. The summed E-state index contributed by atoms with van der Waals surface area (Å²) in [5.74, 6) is -7.10. The van der Waals surface area contributed by atoms with Crippen molar-refractivity contribution < 1.29 is 50.1 Å². The Morgan fingerprint density at radius 3 is 2.30 bits per heavy atom. The van der Waals surface area contributed by atoms with E-state index in [-0.39, 0.29) is 0 Å². The molecule has 11 heteroatoms. The van der Waals surface area contributed by atoms with E-state index in [0.717, 1.165) is 6.92 Å². The summed E-state index contributed by atoms with van der Waals surface area (Å²) >= 11 is 0. The van der Waals surface area contributed by atoms with Crippen molar-refractivity contribution in [3.63, 3.8) is 0 Å². The van der Waals surface area contributed by atoms with Crippen molar-refractivity contribution >= 4 is 11.9 Å². The number of aliphatic carboxylic acids is 1. The monoisotopic (exact) mass is 339 g/mol. The summed E-state index contributed by atoms with van der Waals surface area (Å²) in [5.41, 5.74) is 0. The lowest BCUT2D eigenvalue weighted by Crippen LogP contribution is -2.71. The van der Waals surface area contributed by atoms with Crippen molar-refractivity contribution in [2.75, 3.05) is 13.2 Å². The van der Waals surface area contributed by atoms with Gasteiger partial charge in [-0.2, -0.15) is 0 Å². The van der Waals surface area contributed by atoms with E-state index in [1.165, 1.54) is 0 Å². The highest BCUT2D eigenvalue weighted by Crippen LogP contribution is 2.35. The van der Waals surface area contributed by atoms with Crippen LogP contribution in [0.1, 0.15) is 6.92 Å². The Morgan fingerprint density at radius 2 is 1.87 bits per heavy atom. The van der Waals surface area contributed by atoms with Crippen LogP contribution >= 0.6 is 0 Å². The molecule has 0 bridgehead atoms. The number of carboxylic acids is 1. The van der Waals surface area contributed by atoms with E-state index in [2.05, 4.69) is 5.32 Å². The summed E-state index contributed by atoms with van der Waals surface area (Å²) in [5, 5.41) is 68.5. The van der Waals surface area contributed by atoms with Crippen molar-refractivity contribution in [2.45, 2.75) is 43.2 Å². The number of aliphatic hydroxyl groups excluding tert-OH is 5. The van der Waals surface area contributed by atoms with Crippen LogP contribution in [0.4, 0.5) is 0 Å². The maximum Gasteiger partial charge on any atom is 0.364 e. The number of carboxylic acid groups (broad SMARTS) is 1. The van der Waals surface area contributed by atoms with Crippen LogP contribution < -0.4 is 5.32 Å². The van der Waals surface area contributed by atoms with E-state index < -0.39 is 67.3 Å². The second kappa shape index (κ2) is 7.49. The Labute approximate surface area is 130 Å². The van der Waals surface area contributed by atoms with Gasteiger partial charge < -0.3 is 45.8 Å². The summed E-state index contributed by atoms with van der Waals surface area (Å²) in [7, 11) is 0. The highest BCUT2D eigenvalue weighted by atomic mass is 16.7. The van der Waals surface area contributed by atoms with Crippen LogP contribution in [-0.4, -0.2) is 97.1 Å². The minimum absolute atomic E-state index is 0.918. The molecule has 1 aliphatic heterocycles. The van der Waals surface area contributed by atoms with E-state index in [1.54, 1.807) is 0 Å². The van der Waals surface area contributed by atoms with Crippen LogP contribution in [0.5, 0.6) is 0 Å². The first-order valence-corrected chi connectivity index (χ1v) is 6.79. The van der Waals surface area contributed by atoms with Gasteiger partial charge in [0.1, 0.15) is 24.9 Å². The average Bonchev–Trinajstić information content (AvgIpc) is 2.53. The molecule has 0 aliphatic carbocycles. The minimum Gasteiger partial charge on any atom is -0.477 e. The topological polar surface area (TPSA) is 197 Å². The number of carbonyl (C=O) groups is 2. The summed E-state index contributed by atoms with van der Waals surface area (Å²) in [4.78, 5) is 22.6. The Hall–Kier alpha value is -1.34. The number of amides is 1. The fourth-order valence-electron chi connectivity index (χ4n) is 2.38. The molecule has 1 amide bonds. The van der Waals surface area contributed by atoms with Crippen LogP contribution in [-0.2, 0) is 14.3 Å². The number of ether oxygens (including phenoxy) is 1. The van der Waals surface area contributed by atoms with Crippen molar-refractivity contribution in [2.24, 2.45) is 5.92 Å². The fourth-order valence-corrected chi connectivity index (χ4v) is 2.38. The molecule has 0 spiro atoms. The third kappa shape index (κ3) is 3.77. The van der Waals surface area contributed by atoms with Gasteiger partial charge in [-0.1, -0.05) is 6.92 Å². The average molecular weight is 339 g/mol. The fraction of sp³-hybridized carbons (Fsp3) is 0.833. The van der Waals surface area contributed by atoms with E-state index in [9.17, 15) is 30.0 Å². The number of aliphatic hydroxyl groups is 6. The molecule has 8 N–H and O–H groups in total. The smallest absolute Gasteiger partial charge is 0.364 e. The summed E-state index contributed by atoms with van der Waals surface area (Å²) in [6, 6.07) is -1.44. The van der Waals surface area contributed by atoms with E-state index in [1.807, 2.05) is 0 Å². The molecule has 0 saturated carbocycles. The van der Waals surface area contributed by atoms with Gasteiger partial charge in [0.05, 0.1) is 18.8 Å². The number of rotatable bonds is 6. The first-order chi connectivity index (χ1) is 10.6. The predicted octanol–water partition coefficient (Wildman–Crippen LogP) is -4.65. The molecule has 0 aromatic heterocycles. The third-order valence-corrected chi connectivity index (χ3v) is 3.86. The van der Waals surface area contributed by atoms with Gasteiger partial charge in [-0.3, -0.25) is 4.79 Å². The molecule has 2 unspecified atom stereocenters. The molecule has 1 rings (SSSR count). The highest BCUT2D eigenvalue weighted by molar-refractivity contribution is 5.78. The Kier molecular flexibility index (Phi) is 6.41. The van der Waals surface area contributed by atoms with Crippen LogP contribution in [0.3, 0.4) is 0 Å². The lowest BCUT2D eigenvalue weighted by atomic mass is 9.81. The Morgan fingerprint density at radius 1 is 1.30 bits per heavy atom.